The van der Waals surface area contributed by atoms with Crippen LogP contribution in [0.1, 0.15) is 138 Å². The minimum absolute atomic E-state index is 0.187. The average Bonchev–Trinajstić information content (AvgIpc) is 3.02. The Morgan fingerprint density at radius 2 is 0.980 bits per heavy atom. The second-order valence-corrected chi connectivity index (χ2v) is 15.0. The first-order valence-electron chi connectivity index (χ1n) is 18.7. The van der Waals surface area contributed by atoms with E-state index in [9.17, 15) is 45.3 Å². The standard InChI is InChI=1S/2C16H30O7.C4H11N/c2*1-3-4-5-6-7-8-11(9-12(17)18)23-16-15(21)14(20)13(19)10(2)22-16;1-4(2,3)5/h2*10-11,13-16,19-21H,3-9H2,1-2H3,(H,17,18);5H2,1-3H3. The van der Waals surface area contributed by atoms with E-state index in [2.05, 4.69) is 40.4 Å². The van der Waals surface area contributed by atoms with E-state index in [0.717, 1.165) is 64.2 Å². The van der Waals surface area contributed by atoms with Gasteiger partial charge in [0, 0.05) is 12.4 Å². The number of carboxylic acids is 2. The van der Waals surface area contributed by atoms with Crippen LogP contribution in [0.25, 0.3) is 0 Å². The Balaban J connectivity index is 0.000000865. The Morgan fingerprint density at radius 1 is 0.647 bits per heavy atom. The third-order valence-corrected chi connectivity index (χ3v) is 8.33. The van der Waals surface area contributed by atoms with Gasteiger partial charge >= 0.3 is 5.97 Å². The summed E-state index contributed by atoms with van der Waals surface area (Å²) >= 11 is 0. The first kappa shape index (κ1) is 49.5. The molecule has 0 aromatic heterocycles. The summed E-state index contributed by atoms with van der Waals surface area (Å²) in [5, 5.41) is 78.6. The molecular formula is C36H71NO14. The van der Waals surface area contributed by atoms with Crippen molar-refractivity contribution in [2.45, 2.75) is 218 Å². The van der Waals surface area contributed by atoms with Gasteiger partial charge in [-0.25, -0.2) is 0 Å². The van der Waals surface area contributed by atoms with E-state index >= 15 is 0 Å². The van der Waals surface area contributed by atoms with Crippen molar-refractivity contribution in [2.75, 3.05) is 0 Å². The van der Waals surface area contributed by atoms with Crippen LogP contribution in [0.3, 0.4) is 0 Å². The molecule has 0 saturated carbocycles. The summed E-state index contributed by atoms with van der Waals surface area (Å²) in [5.74, 6) is -2.22. The van der Waals surface area contributed by atoms with Crippen molar-refractivity contribution < 1.29 is 75.1 Å². The molecule has 304 valence electrons. The van der Waals surface area contributed by atoms with Crippen molar-refractivity contribution in [3.8, 4) is 0 Å². The highest BCUT2D eigenvalue weighted by Gasteiger charge is 2.44. The van der Waals surface area contributed by atoms with Crippen LogP contribution in [-0.4, -0.2) is 127 Å². The van der Waals surface area contributed by atoms with Gasteiger partial charge in [0.15, 0.2) is 12.6 Å². The van der Waals surface area contributed by atoms with E-state index in [1.165, 1.54) is 0 Å². The zero-order valence-electron chi connectivity index (χ0n) is 32.0. The number of unbranched alkanes of at least 4 members (excludes halogenated alkanes) is 8. The second kappa shape index (κ2) is 26.3. The number of hydrogen-bond donors (Lipinski definition) is 8. The van der Waals surface area contributed by atoms with Gasteiger partial charge < -0.3 is 70.3 Å². The Bertz CT molecular complexity index is 849. The van der Waals surface area contributed by atoms with E-state index in [1.54, 1.807) is 13.8 Å². The molecule has 51 heavy (non-hydrogen) atoms. The summed E-state index contributed by atoms with van der Waals surface area (Å²) < 4.78 is 21.8. The fourth-order valence-corrected chi connectivity index (χ4v) is 5.40. The molecule has 12 unspecified atom stereocenters. The van der Waals surface area contributed by atoms with E-state index in [4.69, 9.17) is 24.1 Å². The Morgan fingerprint density at radius 3 is 1.29 bits per heavy atom. The Hall–Kier alpha value is -1.50. The van der Waals surface area contributed by atoms with Gasteiger partial charge in [-0.05, 0) is 47.5 Å². The first-order chi connectivity index (χ1) is 23.7. The highest BCUT2D eigenvalue weighted by atomic mass is 16.7. The van der Waals surface area contributed by atoms with E-state index < -0.39 is 85.6 Å². The molecule has 10 N–H and O–H groups in total. The summed E-state index contributed by atoms with van der Waals surface area (Å²) in [5.41, 5.74) is 4.02. The molecule has 0 aliphatic carbocycles. The molecule has 0 bridgehead atoms. The lowest BCUT2D eigenvalue weighted by molar-refractivity contribution is -0.458. The van der Waals surface area contributed by atoms with Crippen LogP contribution in [0, 0.1) is 0 Å². The molecule has 0 amide bonds. The van der Waals surface area contributed by atoms with Crippen molar-refractivity contribution in [3.63, 3.8) is 0 Å². The lowest BCUT2D eigenvalue weighted by Crippen LogP contribution is -2.67. The minimum Gasteiger partial charge on any atom is -0.550 e. The van der Waals surface area contributed by atoms with Crippen molar-refractivity contribution in [1.82, 2.24) is 0 Å². The molecule has 2 fully saturated rings. The number of aliphatic carboxylic acids is 2. The van der Waals surface area contributed by atoms with Gasteiger partial charge in [-0.3, -0.25) is 4.79 Å². The van der Waals surface area contributed by atoms with Crippen molar-refractivity contribution >= 4 is 11.9 Å². The van der Waals surface area contributed by atoms with Crippen LogP contribution in [0.5, 0.6) is 0 Å². The lowest BCUT2D eigenvalue weighted by atomic mass is 9.99. The Kier molecular flexibility index (Phi) is 25.5. The van der Waals surface area contributed by atoms with Gasteiger partial charge in [0.1, 0.15) is 36.6 Å². The van der Waals surface area contributed by atoms with Crippen molar-refractivity contribution in [2.24, 2.45) is 0 Å². The fourth-order valence-electron chi connectivity index (χ4n) is 5.40. The third-order valence-electron chi connectivity index (χ3n) is 8.33. The van der Waals surface area contributed by atoms with Crippen LogP contribution < -0.4 is 10.8 Å². The molecule has 2 heterocycles. The molecule has 2 rings (SSSR count). The highest BCUT2D eigenvalue weighted by molar-refractivity contribution is 5.67. The van der Waals surface area contributed by atoms with Crippen LogP contribution in [-0.2, 0) is 28.5 Å². The number of hydrogen-bond acceptors (Lipinski definition) is 13. The van der Waals surface area contributed by atoms with Crippen LogP contribution >= 0.6 is 0 Å². The minimum atomic E-state index is -1.43. The smallest absolute Gasteiger partial charge is 0.305 e. The molecule has 0 radical (unpaired) electrons. The summed E-state index contributed by atoms with van der Waals surface area (Å²) in [6, 6.07) is 0. The van der Waals surface area contributed by atoms with E-state index in [1.807, 2.05) is 0 Å². The number of carboxylic acid groups (broad SMARTS) is 2. The number of aliphatic hydroxyl groups is 6. The van der Waals surface area contributed by atoms with Crippen molar-refractivity contribution in [3.05, 3.63) is 0 Å². The van der Waals surface area contributed by atoms with Gasteiger partial charge in [0.05, 0.1) is 36.4 Å². The molecule has 2 saturated heterocycles. The largest absolute Gasteiger partial charge is 0.550 e. The lowest BCUT2D eigenvalue weighted by Gasteiger charge is -2.40. The molecule has 12 atom stereocenters. The molecule has 2 aliphatic heterocycles. The zero-order valence-corrected chi connectivity index (χ0v) is 32.0. The Labute approximate surface area is 304 Å². The molecular weight excluding hydrogens is 670 g/mol. The maximum atomic E-state index is 11.0. The number of ether oxygens (including phenoxy) is 4. The number of quaternary nitrogens is 1. The predicted molar refractivity (Wildman–Crippen MR) is 186 cm³/mol. The monoisotopic (exact) mass is 741 g/mol. The second-order valence-electron chi connectivity index (χ2n) is 15.0. The first-order valence-corrected chi connectivity index (χ1v) is 18.7. The third kappa shape index (κ3) is 22.3. The van der Waals surface area contributed by atoms with E-state index in [-0.39, 0.29) is 18.4 Å². The summed E-state index contributed by atoms with van der Waals surface area (Å²) in [6.07, 6.45) is -2.05. The van der Waals surface area contributed by atoms with Crippen molar-refractivity contribution in [1.29, 1.82) is 0 Å². The van der Waals surface area contributed by atoms with E-state index in [0.29, 0.717) is 12.8 Å². The molecule has 0 aromatic carbocycles. The fraction of sp³-hybridized carbons (Fsp3) is 0.944. The van der Waals surface area contributed by atoms with Gasteiger partial charge in [-0.1, -0.05) is 78.1 Å². The maximum Gasteiger partial charge on any atom is 0.305 e. The van der Waals surface area contributed by atoms with Gasteiger partial charge in [0.25, 0.3) is 0 Å². The van der Waals surface area contributed by atoms with Gasteiger partial charge in [0.2, 0.25) is 0 Å². The predicted octanol–water partition coefficient (Wildman–Crippen LogP) is 0.761. The number of carbonyl (C=O) groups is 2. The molecule has 15 heteroatoms. The number of carbonyl (C=O) groups excluding carboxylic acids is 1. The SMILES string of the molecule is CC(C)(C)[NH3+].CCCCCCCC(CC(=O)O)OC1OC(C)C(O)C(O)C1O.CCCCCCCC(CC(=O)[O-])OC1OC(C)C(O)C(O)C1O. The van der Waals surface area contributed by atoms with Gasteiger partial charge in [-0.15, -0.1) is 0 Å². The molecule has 15 nitrogen and oxygen atoms in total. The quantitative estimate of drug-likeness (QED) is 0.0802. The van der Waals surface area contributed by atoms with Crippen LogP contribution in [0.4, 0.5) is 0 Å². The number of rotatable bonds is 20. The van der Waals surface area contributed by atoms with Crippen LogP contribution in [0.15, 0.2) is 0 Å². The summed E-state index contributed by atoms with van der Waals surface area (Å²) in [4.78, 5) is 21.8. The average molecular weight is 742 g/mol. The van der Waals surface area contributed by atoms with Crippen LogP contribution in [0.2, 0.25) is 0 Å². The summed E-state index contributed by atoms with van der Waals surface area (Å²) in [6.45, 7) is 13.6. The highest BCUT2D eigenvalue weighted by Crippen LogP contribution is 2.26. The molecule has 0 spiro atoms. The molecule has 0 aromatic rings. The topological polar surface area (TPSA) is 263 Å². The number of aliphatic hydroxyl groups excluding tert-OH is 6. The summed E-state index contributed by atoms with van der Waals surface area (Å²) in [7, 11) is 0. The maximum absolute atomic E-state index is 11.0. The van der Waals surface area contributed by atoms with Gasteiger partial charge in [-0.2, -0.15) is 0 Å². The normalized spacial score (nSPS) is 30.6. The zero-order chi connectivity index (χ0) is 39.3. The molecule has 2 aliphatic rings.